The van der Waals surface area contributed by atoms with Crippen molar-refractivity contribution in [1.82, 2.24) is 4.98 Å². The number of hydrogen-bond donors (Lipinski definition) is 1. The van der Waals surface area contributed by atoms with E-state index in [0.717, 1.165) is 6.42 Å². The van der Waals surface area contributed by atoms with Gasteiger partial charge in [-0.15, -0.1) is 10.1 Å². The van der Waals surface area contributed by atoms with Crippen molar-refractivity contribution in [1.29, 1.82) is 0 Å². The molecule has 0 saturated carbocycles. The second kappa shape index (κ2) is 9.89. The van der Waals surface area contributed by atoms with Crippen LogP contribution in [-0.4, -0.2) is 15.3 Å². The summed E-state index contributed by atoms with van der Waals surface area (Å²) in [5.74, 6) is 0. The zero-order valence-electron chi connectivity index (χ0n) is 9.50. The van der Waals surface area contributed by atoms with Gasteiger partial charge in [0.25, 0.3) is 5.09 Å². The number of hydrogen-bond acceptors (Lipinski definition) is 3. The van der Waals surface area contributed by atoms with Crippen LogP contribution in [0.5, 0.6) is 0 Å². The van der Waals surface area contributed by atoms with Crippen molar-refractivity contribution in [2.75, 3.05) is 0 Å². The molecular formula is C11H18N2O3. The normalized spacial score (nSPS) is 9.06. The van der Waals surface area contributed by atoms with Crippen LogP contribution < -0.4 is 0 Å². The van der Waals surface area contributed by atoms with Gasteiger partial charge in [-0.3, -0.25) is 4.98 Å². The molecule has 1 rings (SSSR count). The molecule has 0 fully saturated rings. The van der Waals surface area contributed by atoms with E-state index in [-0.39, 0.29) is 0 Å². The van der Waals surface area contributed by atoms with Gasteiger partial charge in [-0.05, 0) is 25.0 Å². The van der Waals surface area contributed by atoms with Gasteiger partial charge >= 0.3 is 0 Å². The first-order valence-corrected chi connectivity index (χ1v) is 5.40. The second-order valence-corrected chi connectivity index (χ2v) is 3.37. The standard InChI is InChI=1S/C11H17N.HNO3/c1-2-3-4-5-8-11-9-6-7-10-12-11;2-1(3)4/h6-7,9-10H,2-5,8H2,1H3;(H,2,3,4). The molecule has 0 atom stereocenters. The molecule has 0 radical (unpaired) electrons. The Labute approximate surface area is 95.2 Å². The largest absolute Gasteiger partial charge is 0.328 e. The molecular weight excluding hydrogens is 208 g/mol. The highest BCUT2D eigenvalue weighted by atomic mass is 16.9. The molecule has 0 amide bonds. The van der Waals surface area contributed by atoms with Gasteiger partial charge in [0.2, 0.25) is 0 Å². The molecule has 0 unspecified atom stereocenters. The fourth-order valence-corrected chi connectivity index (χ4v) is 1.28. The van der Waals surface area contributed by atoms with E-state index >= 15 is 0 Å². The lowest BCUT2D eigenvalue weighted by Gasteiger charge is -1.98. The average molecular weight is 226 g/mol. The van der Waals surface area contributed by atoms with Crippen LogP contribution in [0.1, 0.15) is 38.3 Å². The van der Waals surface area contributed by atoms with E-state index in [9.17, 15) is 0 Å². The summed E-state index contributed by atoms with van der Waals surface area (Å²) in [6.07, 6.45) is 8.29. The minimum Gasteiger partial charge on any atom is -0.328 e. The highest BCUT2D eigenvalue weighted by molar-refractivity contribution is 5.03. The molecule has 5 heteroatoms. The third kappa shape index (κ3) is 10.4. The predicted octanol–water partition coefficient (Wildman–Crippen LogP) is 2.86. The Morgan fingerprint density at radius 1 is 1.38 bits per heavy atom. The zero-order valence-corrected chi connectivity index (χ0v) is 9.50. The van der Waals surface area contributed by atoms with Crippen LogP contribution in [0.25, 0.3) is 0 Å². The molecule has 1 heterocycles. The van der Waals surface area contributed by atoms with Crippen molar-refractivity contribution in [3.8, 4) is 0 Å². The first kappa shape index (κ1) is 14.3. The Kier molecular flexibility index (Phi) is 8.87. The van der Waals surface area contributed by atoms with Crippen molar-refractivity contribution in [2.45, 2.75) is 39.0 Å². The maximum absolute atomic E-state index is 8.36. The SMILES string of the molecule is CCCCCCc1ccccn1.O=[N+]([O-])O. The minimum absolute atomic E-state index is 1.14. The van der Waals surface area contributed by atoms with Crippen LogP contribution in [0.4, 0.5) is 0 Å². The van der Waals surface area contributed by atoms with Gasteiger partial charge in [-0.2, -0.15) is 0 Å². The van der Waals surface area contributed by atoms with Crippen LogP contribution >= 0.6 is 0 Å². The number of aryl methyl sites for hydroxylation is 1. The second-order valence-electron chi connectivity index (χ2n) is 3.37. The first-order valence-electron chi connectivity index (χ1n) is 5.40. The molecule has 0 spiro atoms. The smallest absolute Gasteiger partial charge is 0.291 e. The number of pyridine rings is 1. The summed E-state index contributed by atoms with van der Waals surface area (Å²) in [4.78, 5) is 12.6. The van der Waals surface area contributed by atoms with E-state index in [1.807, 2.05) is 12.3 Å². The van der Waals surface area contributed by atoms with Crippen LogP contribution in [0.15, 0.2) is 24.4 Å². The molecule has 0 aliphatic heterocycles. The fourth-order valence-electron chi connectivity index (χ4n) is 1.28. The lowest BCUT2D eigenvalue weighted by molar-refractivity contribution is -0.742. The summed E-state index contributed by atoms with van der Waals surface area (Å²) in [6, 6.07) is 6.13. The monoisotopic (exact) mass is 226 g/mol. The van der Waals surface area contributed by atoms with E-state index < -0.39 is 5.09 Å². The molecule has 0 bridgehead atoms. The van der Waals surface area contributed by atoms with Crippen molar-refractivity contribution >= 4 is 0 Å². The van der Waals surface area contributed by atoms with Crippen molar-refractivity contribution in [2.24, 2.45) is 0 Å². The molecule has 16 heavy (non-hydrogen) atoms. The summed E-state index contributed by atoms with van der Waals surface area (Å²) < 4.78 is 0. The molecule has 1 aromatic rings. The first-order chi connectivity index (χ1) is 7.66. The number of aromatic nitrogens is 1. The van der Waals surface area contributed by atoms with Gasteiger partial charge < -0.3 is 5.21 Å². The number of rotatable bonds is 5. The summed E-state index contributed by atoms with van der Waals surface area (Å²) in [7, 11) is 0. The zero-order chi connectivity index (χ0) is 12.2. The fraction of sp³-hybridized carbons (Fsp3) is 0.545. The Balaban J connectivity index is 0.000000487. The maximum atomic E-state index is 8.36. The van der Waals surface area contributed by atoms with Crippen LogP contribution in [-0.2, 0) is 6.42 Å². The third-order valence-electron chi connectivity index (χ3n) is 2.01. The van der Waals surface area contributed by atoms with Gasteiger partial charge in [0.1, 0.15) is 0 Å². The Morgan fingerprint density at radius 3 is 2.56 bits per heavy atom. The molecule has 0 aliphatic rings. The van der Waals surface area contributed by atoms with Crippen molar-refractivity contribution < 1.29 is 10.3 Å². The van der Waals surface area contributed by atoms with Gasteiger partial charge in [0.05, 0.1) is 0 Å². The Bertz CT molecular complexity index is 274. The van der Waals surface area contributed by atoms with E-state index in [0.29, 0.717) is 0 Å². The summed E-state index contributed by atoms with van der Waals surface area (Å²) in [6.45, 7) is 2.24. The minimum atomic E-state index is -1.50. The molecule has 0 aromatic carbocycles. The van der Waals surface area contributed by atoms with E-state index in [4.69, 9.17) is 15.3 Å². The van der Waals surface area contributed by atoms with E-state index in [1.54, 1.807) is 0 Å². The Morgan fingerprint density at radius 2 is 2.06 bits per heavy atom. The van der Waals surface area contributed by atoms with Gasteiger partial charge in [-0.1, -0.05) is 32.3 Å². The molecule has 5 nitrogen and oxygen atoms in total. The molecule has 90 valence electrons. The molecule has 0 saturated heterocycles. The van der Waals surface area contributed by atoms with E-state index in [2.05, 4.69) is 24.0 Å². The van der Waals surface area contributed by atoms with Crippen LogP contribution in [0.2, 0.25) is 0 Å². The van der Waals surface area contributed by atoms with Crippen LogP contribution in [0.3, 0.4) is 0 Å². The maximum Gasteiger partial charge on any atom is 0.291 e. The highest BCUT2D eigenvalue weighted by Crippen LogP contribution is 2.04. The van der Waals surface area contributed by atoms with E-state index in [1.165, 1.54) is 31.4 Å². The number of unbranched alkanes of at least 4 members (excludes halogenated alkanes) is 3. The molecule has 0 aliphatic carbocycles. The lowest BCUT2D eigenvalue weighted by atomic mass is 10.1. The highest BCUT2D eigenvalue weighted by Gasteiger charge is 1.91. The van der Waals surface area contributed by atoms with Crippen LogP contribution in [0, 0.1) is 10.1 Å². The number of nitrogens with zero attached hydrogens (tertiary/aromatic N) is 2. The summed E-state index contributed by atoms with van der Waals surface area (Å²) >= 11 is 0. The quantitative estimate of drug-likeness (QED) is 0.476. The Hall–Kier alpha value is -1.65. The van der Waals surface area contributed by atoms with Gasteiger partial charge in [-0.25, -0.2) is 0 Å². The molecule has 1 aromatic heterocycles. The average Bonchev–Trinajstić information content (AvgIpc) is 2.25. The van der Waals surface area contributed by atoms with Crippen molar-refractivity contribution in [3.05, 3.63) is 40.2 Å². The van der Waals surface area contributed by atoms with Crippen molar-refractivity contribution in [3.63, 3.8) is 0 Å². The molecule has 1 N–H and O–H groups in total. The predicted molar refractivity (Wildman–Crippen MR) is 60.9 cm³/mol. The lowest BCUT2D eigenvalue weighted by Crippen LogP contribution is -1.88. The topological polar surface area (TPSA) is 76.3 Å². The van der Waals surface area contributed by atoms with Gasteiger partial charge in [0, 0.05) is 11.9 Å². The van der Waals surface area contributed by atoms with Gasteiger partial charge in [0.15, 0.2) is 0 Å². The summed E-state index contributed by atoms with van der Waals surface area (Å²) in [5, 5.41) is 13.6. The summed E-state index contributed by atoms with van der Waals surface area (Å²) in [5.41, 5.74) is 1.23. The third-order valence-corrected chi connectivity index (χ3v) is 2.01.